The van der Waals surface area contributed by atoms with Crippen molar-refractivity contribution >= 4 is 6.08 Å². The van der Waals surface area contributed by atoms with Gasteiger partial charge in [0, 0.05) is 12.7 Å². The van der Waals surface area contributed by atoms with Crippen molar-refractivity contribution in [3.05, 3.63) is 23.5 Å². The van der Waals surface area contributed by atoms with Crippen molar-refractivity contribution < 1.29 is 0 Å². The summed E-state index contributed by atoms with van der Waals surface area (Å²) in [7, 11) is 0. The van der Waals surface area contributed by atoms with Gasteiger partial charge in [0.1, 0.15) is 0 Å². The molecule has 1 aliphatic heterocycles. The van der Waals surface area contributed by atoms with Gasteiger partial charge in [0.2, 0.25) is 0 Å². The molecule has 1 saturated heterocycles. The average molecular weight is 245 g/mol. The summed E-state index contributed by atoms with van der Waals surface area (Å²) in [6.07, 6.45) is 13.7. The second-order valence-electron chi connectivity index (χ2n) is 5.60. The van der Waals surface area contributed by atoms with Gasteiger partial charge in [0.25, 0.3) is 0 Å². The quantitative estimate of drug-likeness (QED) is 0.867. The summed E-state index contributed by atoms with van der Waals surface area (Å²) in [6, 6.07) is 2.81. The van der Waals surface area contributed by atoms with Gasteiger partial charge in [-0.1, -0.05) is 24.8 Å². The van der Waals surface area contributed by atoms with E-state index >= 15 is 0 Å². The van der Waals surface area contributed by atoms with Crippen LogP contribution in [0.2, 0.25) is 0 Å². The van der Waals surface area contributed by atoms with Crippen LogP contribution in [0.15, 0.2) is 17.8 Å². The highest BCUT2D eigenvalue weighted by molar-refractivity contribution is 5.49. The molecule has 1 aromatic heterocycles. The molecule has 0 atom stereocenters. The lowest BCUT2D eigenvalue weighted by atomic mass is 9.96. The van der Waals surface area contributed by atoms with Crippen molar-refractivity contribution in [1.82, 2.24) is 15.1 Å². The molecular formula is C15H23N3. The van der Waals surface area contributed by atoms with E-state index in [0.717, 1.165) is 18.8 Å². The van der Waals surface area contributed by atoms with Crippen molar-refractivity contribution in [1.29, 1.82) is 0 Å². The Morgan fingerprint density at radius 1 is 1.22 bits per heavy atom. The molecule has 3 heteroatoms. The minimum Gasteiger partial charge on any atom is -0.313 e. The lowest BCUT2D eigenvalue weighted by molar-refractivity contribution is 0.329. The first-order chi connectivity index (χ1) is 8.92. The van der Waals surface area contributed by atoms with E-state index in [1.165, 1.54) is 50.5 Å². The van der Waals surface area contributed by atoms with Gasteiger partial charge >= 0.3 is 0 Å². The molecule has 3 nitrogen and oxygen atoms in total. The van der Waals surface area contributed by atoms with Crippen molar-refractivity contribution in [3.63, 3.8) is 0 Å². The second-order valence-corrected chi connectivity index (χ2v) is 5.60. The highest BCUT2D eigenvalue weighted by Gasteiger charge is 2.15. The number of nitrogens with zero attached hydrogens (tertiary/aromatic N) is 2. The highest BCUT2D eigenvalue weighted by Crippen LogP contribution is 2.27. The topological polar surface area (TPSA) is 29.9 Å². The molecule has 3 rings (SSSR count). The van der Waals surface area contributed by atoms with Crippen LogP contribution in [0.1, 0.15) is 56.7 Å². The van der Waals surface area contributed by atoms with Crippen LogP contribution in [0, 0.1) is 0 Å². The van der Waals surface area contributed by atoms with E-state index in [4.69, 9.17) is 5.10 Å². The summed E-state index contributed by atoms with van der Waals surface area (Å²) in [5.74, 6) is 0. The van der Waals surface area contributed by atoms with Gasteiger partial charge in [0.05, 0.1) is 11.7 Å². The molecule has 2 heterocycles. The zero-order valence-electron chi connectivity index (χ0n) is 11.1. The molecule has 0 aromatic carbocycles. The maximum atomic E-state index is 4.74. The third-order valence-corrected chi connectivity index (χ3v) is 4.13. The van der Waals surface area contributed by atoms with E-state index in [-0.39, 0.29) is 0 Å². The molecule has 18 heavy (non-hydrogen) atoms. The van der Waals surface area contributed by atoms with Crippen molar-refractivity contribution in [2.24, 2.45) is 0 Å². The molecule has 1 saturated carbocycles. The van der Waals surface area contributed by atoms with E-state index in [9.17, 15) is 0 Å². The molecule has 98 valence electrons. The zero-order chi connectivity index (χ0) is 12.2. The first kappa shape index (κ1) is 12.0. The molecule has 1 aliphatic carbocycles. The number of nitrogens with one attached hydrogen (secondary N) is 1. The van der Waals surface area contributed by atoms with Gasteiger partial charge in [-0.2, -0.15) is 5.10 Å². The lowest BCUT2D eigenvalue weighted by Gasteiger charge is -2.21. The van der Waals surface area contributed by atoms with Crippen molar-refractivity contribution in [2.75, 3.05) is 13.1 Å². The predicted octanol–water partition coefficient (Wildman–Crippen LogP) is 3.16. The van der Waals surface area contributed by atoms with Gasteiger partial charge in [0.15, 0.2) is 0 Å². The first-order valence-corrected chi connectivity index (χ1v) is 7.37. The number of rotatable bonds is 2. The van der Waals surface area contributed by atoms with Crippen LogP contribution in [0.5, 0.6) is 0 Å². The predicted molar refractivity (Wildman–Crippen MR) is 74.4 cm³/mol. The molecule has 2 aliphatic rings. The molecule has 0 bridgehead atoms. The molecule has 0 radical (unpaired) electrons. The summed E-state index contributed by atoms with van der Waals surface area (Å²) in [5, 5.41) is 8.16. The zero-order valence-corrected chi connectivity index (χ0v) is 11.1. The van der Waals surface area contributed by atoms with Crippen molar-refractivity contribution in [3.8, 4) is 0 Å². The van der Waals surface area contributed by atoms with Crippen LogP contribution in [-0.4, -0.2) is 22.9 Å². The van der Waals surface area contributed by atoms with Crippen LogP contribution in [0.4, 0.5) is 0 Å². The van der Waals surface area contributed by atoms with Gasteiger partial charge in [-0.05, 0) is 44.4 Å². The Morgan fingerprint density at radius 3 is 2.89 bits per heavy atom. The monoisotopic (exact) mass is 245 g/mol. The van der Waals surface area contributed by atoms with E-state index < -0.39 is 0 Å². The third-order valence-electron chi connectivity index (χ3n) is 4.13. The standard InChI is InChI=1S/C15H23N3/c1-2-6-15(7-3-1)18-10-8-14(17-18)11-13-5-4-9-16-12-13/h8,10-11,15-16H,1-7,9,12H2. The fraction of sp³-hybridized carbons (Fsp3) is 0.667. The molecule has 2 fully saturated rings. The fourth-order valence-corrected chi connectivity index (χ4v) is 3.09. The Morgan fingerprint density at radius 2 is 2.11 bits per heavy atom. The van der Waals surface area contributed by atoms with E-state index in [1.807, 2.05) is 0 Å². The van der Waals surface area contributed by atoms with Crippen LogP contribution in [0.3, 0.4) is 0 Å². The van der Waals surface area contributed by atoms with Gasteiger partial charge in [-0.3, -0.25) is 4.68 Å². The minimum absolute atomic E-state index is 0.649. The largest absolute Gasteiger partial charge is 0.313 e. The van der Waals surface area contributed by atoms with E-state index in [2.05, 4.69) is 28.3 Å². The van der Waals surface area contributed by atoms with Crippen LogP contribution in [0.25, 0.3) is 6.08 Å². The van der Waals surface area contributed by atoms with Gasteiger partial charge < -0.3 is 5.32 Å². The maximum absolute atomic E-state index is 4.74. The molecule has 1 aromatic rings. The smallest absolute Gasteiger partial charge is 0.0851 e. The Kier molecular flexibility index (Phi) is 3.79. The van der Waals surface area contributed by atoms with Gasteiger partial charge in [-0.15, -0.1) is 0 Å². The Hall–Kier alpha value is -1.09. The summed E-state index contributed by atoms with van der Waals surface area (Å²) in [6.45, 7) is 2.20. The lowest BCUT2D eigenvalue weighted by Crippen LogP contribution is -2.23. The summed E-state index contributed by atoms with van der Waals surface area (Å²) >= 11 is 0. The van der Waals surface area contributed by atoms with Crippen LogP contribution < -0.4 is 5.32 Å². The van der Waals surface area contributed by atoms with Crippen LogP contribution >= 0.6 is 0 Å². The van der Waals surface area contributed by atoms with E-state index in [1.54, 1.807) is 0 Å². The normalized spacial score (nSPS) is 24.6. The number of piperidine rings is 1. The van der Waals surface area contributed by atoms with E-state index in [0.29, 0.717) is 6.04 Å². The third kappa shape index (κ3) is 2.83. The summed E-state index contributed by atoms with van der Waals surface area (Å²) in [5.41, 5.74) is 2.63. The van der Waals surface area contributed by atoms with Crippen molar-refractivity contribution in [2.45, 2.75) is 51.0 Å². The summed E-state index contributed by atoms with van der Waals surface area (Å²) < 4.78 is 2.20. The molecule has 0 unspecified atom stereocenters. The molecule has 1 N–H and O–H groups in total. The second kappa shape index (κ2) is 5.70. The first-order valence-electron chi connectivity index (χ1n) is 7.37. The fourth-order valence-electron chi connectivity index (χ4n) is 3.09. The number of aromatic nitrogens is 2. The maximum Gasteiger partial charge on any atom is 0.0851 e. The Balaban J connectivity index is 1.68. The Labute approximate surface area is 109 Å². The van der Waals surface area contributed by atoms with Crippen LogP contribution in [-0.2, 0) is 0 Å². The Bertz CT molecular complexity index is 405. The van der Waals surface area contributed by atoms with Gasteiger partial charge in [-0.25, -0.2) is 0 Å². The molecular weight excluding hydrogens is 222 g/mol. The minimum atomic E-state index is 0.649. The SMILES string of the molecule is C(=C1CCCNC1)c1ccn(C2CCCCC2)n1. The molecule has 0 spiro atoms. The highest BCUT2D eigenvalue weighted by atomic mass is 15.3. The molecule has 0 amide bonds. The average Bonchev–Trinajstić information content (AvgIpc) is 2.89. The number of hydrogen-bond donors (Lipinski definition) is 1. The summed E-state index contributed by atoms with van der Waals surface area (Å²) in [4.78, 5) is 0. The number of hydrogen-bond acceptors (Lipinski definition) is 2.